The first kappa shape index (κ1) is 13.6. The van der Waals surface area contributed by atoms with Crippen LogP contribution in [0.3, 0.4) is 0 Å². The lowest BCUT2D eigenvalue weighted by molar-refractivity contribution is 0.247. The van der Waals surface area contributed by atoms with Crippen LogP contribution in [0.25, 0.3) is 0 Å². The molecule has 0 aromatic heterocycles. The summed E-state index contributed by atoms with van der Waals surface area (Å²) in [4.78, 5) is 0. The van der Waals surface area contributed by atoms with Gasteiger partial charge >= 0.3 is 0 Å². The van der Waals surface area contributed by atoms with E-state index in [1.807, 2.05) is 20.8 Å². The van der Waals surface area contributed by atoms with Crippen LogP contribution in [0.15, 0.2) is 0 Å². The zero-order valence-corrected chi connectivity index (χ0v) is 12.4. The van der Waals surface area contributed by atoms with Crippen LogP contribution in [0.5, 0.6) is 0 Å². The minimum absolute atomic E-state index is 0.156. The van der Waals surface area contributed by atoms with Gasteiger partial charge in [-0.05, 0) is 31.1 Å². The molecule has 2 heterocycles. The third-order valence-corrected chi connectivity index (χ3v) is 6.37. The van der Waals surface area contributed by atoms with Crippen molar-refractivity contribution in [3.05, 3.63) is 0 Å². The lowest BCUT2D eigenvalue weighted by Crippen LogP contribution is -2.49. The highest BCUT2D eigenvalue weighted by Gasteiger charge is 2.46. The lowest BCUT2D eigenvalue weighted by Gasteiger charge is -2.37. The summed E-state index contributed by atoms with van der Waals surface area (Å²) in [6.07, 6.45) is 3.61. The van der Waals surface area contributed by atoms with Crippen molar-refractivity contribution in [3.8, 4) is 0 Å². The normalized spacial score (nSPS) is 35.2. The molecule has 2 atom stereocenters. The molecule has 17 heavy (non-hydrogen) atoms. The molecule has 2 fully saturated rings. The number of nitrogens with zero attached hydrogens (tertiary/aromatic N) is 1. The molecule has 2 aliphatic heterocycles. The number of hydrogen-bond donors (Lipinski definition) is 0. The van der Waals surface area contributed by atoms with Gasteiger partial charge in [0.1, 0.15) is 0 Å². The standard InChI is InChI=1S/C12H22ClNO2S/c1-12(2,3)8-17(15,16)14-10-4-5-11(14)7-9(13)6-10/h9-11H,4-8H2,1-3H3. The van der Waals surface area contributed by atoms with Crippen LogP contribution in [-0.2, 0) is 10.0 Å². The number of sulfonamides is 1. The van der Waals surface area contributed by atoms with Crippen molar-refractivity contribution in [2.45, 2.75) is 63.9 Å². The molecule has 0 amide bonds. The second kappa shape index (κ2) is 4.39. The molecular formula is C12H22ClNO2S. The fraction of sp³-hybridized carbons (Fsp3) is 1.00. The van der Waals surface area contributed by atoms with E-state index in [0.717, 1.165) is 25.7 Å². The molecular weight excluding hydrogens is 258 g/mol. The smallest absolute Gasteiger partial charge is 0.212 e. The fourth-order valence-electron chi connectivity index (χ4n) is 3.14. The van der Waals surface area contributed by atoms with Gasteiger partial charge in [-0.2, -0.15) is 4.31 Å². The molecule has 0 aromatic rings. The van der Waals surface area contributed by atoms with Crippen molar-refractivity contribution in [2.24, 2.45) is 5.41 Å². The summed E-state index contributed by atoms with van der Waals surface area (Å²) < 4.78 is 26.7. The highest BCUT2D eigenvalue weighted by atomic mass is 35.5. The van der Waals surface area contributed by atoms with E-state index >= 15 is 0 Å². The van der Waals surface area contributed by atoms with Crippen molar-refractivity contribution < 1.29 is 8.42 Å². The summed E-state index contributed by atoms with van der Waals surface area (Å²) in [6.45, 7) is 5.92. The monoisotopic (exact) mass is 279 g/mol. The molecule has 2 rings (SSSR count). The van der Waals surface area contributed by atoms with Crippen molar-refractivity contribution in [2.75, 3.05) is 5.75 Å². The fourth-order valence-corrected chi connectivity index (χ4v) is 6.09. The average Bonchev–Trinajstić information content (AvgIpc) is 2.36. The largest absolute Gasteiger partial charge is 0.215 e. The van der Waals surface area contributed by atoms with Crippen LogP contribution in [0.4, 0.5) is 0 Å². The first-order chi connectivity index (χ1) is 7.69. The van der Waals surface area contributed by atoms with E-state index in [1.54, 1.807) is 4.31 Å². The highest BCUT2D eigenvalue weighted by Crippen LogP contribution is 2.40. The highest BCUT2D eigenvalue weighted by molar-refractivity contribution is 7.89. The first-order valence-corrected chi connectivity index (χ1v) is 8.39. The molecule has 0 aliphatic carbocycles. The number of fused-ring (bicyclic) bond motifs is 2. The molecule has 0 N–H and O–H groups in total. The van der Waals surface area contributed by atoms with Crippen LogP contribution < -0.4 is 0 Å². The minimum Gasteiger partial charge on any atom is -0.212 e. The maximum atomic E-state index is 12.5. The summed E-state index contributed by atoms with van der Waals surface area (Å²) in [5.74, 6) is 0.236. The van der Waals surface area contributed by atoms with Crippen LogP contribution >= 0.6 is 11.6 Å². The maximum Gasteiger partial charge on any atom is 0.215 e. The number of alkyl halides is 1. The first-order valence-electron chi connectivity index (χ1n) is 6.34. The van der Waals surface area contributed by atoms with Crippen molar-refractivity contribution in [3.63, 3.8) is 0 Å². The van der Waals surface area contributed by atoms with Gasteiger partial charge in [-0.25, -0.2) is 8.42 Å². The minimum atomic E-state index is -3.13. The Labute approximate surface area is 110 Å². The van der Waals surface area contributed by atoms with Gasteiger partial charge in [0.05, 0.1) is 5.75 Å². The van der Waals surface area contributed by atoms with Gasteiger partial charge < -0.3 is 0 Å². The molecule has 2 bridgehead atoms. The van der Waals surface area contributed by atoms with E-state index < -0.39 is 10.0 Å². The Kier molecular flexibility index (Phi) is 3.52. The SMILES string of the molecule is CC(C)(C)CS(=O)(=O)N1C2CCC1CC(Cl)C2. The third-order valence-electron chi connectivity index (χ3n) is 3.55. The van der Waals surface area contributed by atoms with Gasteiger partial charge in [-0.15, -0.1) is 11.6 Å². The average molecular weight is 280 g/mol. The van der Waals surface area contributed by atoms with Crippen LogP contribution in [0, 0.1) is 5.41 Å². The van der Waals surface area contributed by atoms with Gasteiger partial charge in [0.15, 0.2) is 0 Å². The molecule has 0 aromatic carbocycles. The number of rotatable bonds is 2. The van der Waals surface area contributed by atoms with E-state index in [2.05, 4.69) is 0 Å². The molecule has 0 spiro atoms. The van der Waals surface area contributed by atoms with Gasteiger partial charge in [0.2, 0.25) is 10.0 Å². The maximum absolute atomic E-state index is 12.5. The van der Waals surface area contributed by atoms with Crippen molar-refractivity contribution >= 4 is 21.6 Å². The zero-order valence-electron chi connectivity index (χ0n) is 10.8. The molecule has 2 unspecified atom stereocenters. The second-order valence-electron chi connectivity index (χ2n) is 6.60. The Bertz CT molecular complexity index is 374. The summed E-state index contributed by atoms with van der Waals surface area (Å²) >= 11 is 6.17. The number of hydrogen-bond acceptors (Lipinski definition) is 2. The van der Waals surface area contributed by atoms with E-state index in [0.29, 0.717) is 0 Å². The lowest BCUT2D eigenvalue weighted by atomic mass is 10.0. The number of piperidine rings is 1. The third kappa shape index (κ3) is 2.96. The Morgan fingerprint density at radius 3 is 2.06 bits per heavy atom. The van der Waals surface area contributed by atoms with Crippen molar-refractivity contribution in [1.82, 2.24) is 4.31 Å². The summed E-state index contributed by atoms with van der Waals surface area (Å²) in [5.41, 5.74) is -0.184. The predicted molar refractivity (Wildman–Crippen MR) is 70.8 cm³/mol. The molecule has 2 saturated heterocycles. The van der Waals surface area contributed by atoms with E-state index in [4.69, 9.17) is 11.6 Å². The topological polar surface area (TPSA) is 37.4 Å². The molecule has 0 saturated carbocycles. The van der Waals surface area contributed by atoms with Gasteiger partial charge in [0, 0.05) is 17.5 Å². The summed E-state index contributed by atoms with van der Waals surface area (Å²) in [6, 6.07) is 0.312. The predicted octanol–water partition coefficient (Wildman–Crippen LogP) is 2.60. The Morgan fingerprint density at radius 2 is 1.65 bits per heavy atom. The Morgan fingerprint density at radius 1 is 1.18 bits per heavy atom. The van der Waals surface area contributed by atoms with Crippen LogP contribution in [-0.4, -0.2) is 35.9 Å². The Hall–Kier alpha value is 0.200. The molecule has 2 aliphatic rings. The molecule has 100 valence electrons. The van der Waals surface area contributed by atoms with Crippen molar-refractivity contribution in [1.29, 1.82) is 0 Å². The molecule has 0 radical (unpaired) electrons. The van der Waals surface area contributed by atoms with Crippen LogP contribution in [0.1, 0.15) is 46.5 Å². The van der Waals surface area contributed by atoms with Gasteiger partial charge in [0.25, 0.3) is 0 Å². The summed E-state index contributed by atoms with van der Waals surface area (Å²) in [5, 5.41) is 0.161. The van der Waals surface area contributed by atoms with E-state index in [1.165, 1.54) is 0 Å². The van der Waals surface area contributed by atoms with Crippen LogP contribution in [0.2, 0.25) is 0 Å². The zero-order chi connectivity index (χ0) is 12.8. The van der Waals surface area contributed by atoms with E-state index in [9.17, 15) is 8.42 Å². The summed E-state index contributed by atoms with van der Waals surface area (Å²) in [7, 11) is -3.13. The Balaban J connectivity index is 2.18. The van der Waals surface area contributed by atoms with Gasteiger partial charge in [-0.1, -0.05) is 20.8 Å². The van der Waals surface area contributed by atoms with Gasteiger partial charge in [-0.3, -0.25) is 0 Å². The molecule has 5 heteroatoms. The quantitative estimate of drug-likeness (QED) is 0.729. The molecule has 3 nitrogen and oxygen atoms in total. The number of halogens is 1. The van der Waals surface area contributed by atoms with E-state index in [-0.39, 0.29) is 28.6 Å². The second-order valence-corrected chi connectivity index (χ2v) is 9.09.